The van der Waals surface area contributed by atoms with Gasteiger partial charge in [-0.3, -0.25) is 0 Å². The lowest BCUT2D eigenvalue weighted by Gasteiger charge is -2.35. The summed E-state index contributed by atoms with van der Waals surface area (Å²) in [5, 5.41) is 0. The first-order valence-corrected chi connectivity index (χ1v) is 4.62. The number of epoxide rings is 1. The molecule has 1 saturated heterocycles. The highest BCUT2D eigenvalue weighted by molar-refractivity contribution is 5.19. The van der Waals surface area contributed by atoms with Crippen molar-refractivity contribution in [2.45, 2.75) is 58.2 Å². The van der Waals surface area contributed by atoms with Gasteiger partial charge in [-0.25, -0.2) is 0 Å². The van der Waals surface area contributed by atoms with E-state index in [2.05, 4.69) is 27.7 Å². The Bertz CT molecular complexity index is 197. The molecule has 64 valence electrons. The van der Waals surface area contributed by atoms with Crippen LogP contribution in [-0.2, 0) is 4.74 Å². The van der Waals surface area contributed by atoms with Crippen LogP contribution in [0.4, 0.5) is 0 Å². The van der Waals surface area contributed by atoms with Crippen LogP contribution in [0.2, 0.25) is 0 Å². The van der Waals surface area contributed by atoms with Crippen LogP contribution in [0.3, 0.4) is 0 Å². The van der Waals surface area contributed by atoms with Crippen LogP contribution in [-0.4, -0.2) is 11.2 Å². The van der Waals surface area contributed by atoms with Crippen LogP contribution in [0.25, 0.3) is 0 Å². The quantitative estimate of drug-likeness (QED) is 0.489. The van der Waals surface area contributed by atoms with Gasteiger partial charge in [0, 0.05) is 0 Å². The van der Waals surface area contributed by atoms with E-state index in [9.17, 15) is 0 Å². The summed E-state index contributed by atoms with van der Waals surface area (Å²) < 4.78 is 5.87. The summed E-state index contributed by atoms with van der Waals surface area (Å²) in [5.74, 6) is 0. The molecule has 2 aliphatic rings. The number of ether oxygens (including phenoxy) is 1. The molecule has 2 fully saturated rings. The van der Waals surface area contributed by atoms with E-state index in [-0.39, 0.29) is 11.2 Å². The third-order valence-corrected chi connectivity index (χ3v) is 4.14. The SMILES string of the molecule is CC1(C)CCC[C@]2(C)O[C@]12C. The lowest BCUT2D eigenvalue weighted by atomic mass is 9.65. The van der Waals surface area contributed by atoms with Crippen molar-refractivity contribution in [3.63, 3.8) is 0 Å². The second kappa shape index (κ2) is 1.66. The minimum absolute atomic E-state index is 0.179. The van der Waals surface area contributed by atoms with E-state index in [0.717, 1.165) is 0 Å². The van der Waals surface area contributed by atoms with Crippen molar-refractivity contribution in [3.8, 4) is 0 Å². The Balaban J connectivity index is 2.29. The van der Waals surface area contributed by atoms with Gasteiger partial charge in [0.25, 0.3) is 0 Å². The highest BCUT2D eigenvalue weighted by Crippen LogP contribution is 2.64. The Morgan fingerprint density at radius 1 is 1.00 bits per heavy atom. The average Bonchev–Trinajstić information content (AvgIpc) is 2.36. The minimum atomic E-state index is 0.179. The highest BCUT2D eigenvalue weighted by Gasteiger charge is 2.71. The standard InChI is InChI=1S/C10H18O/c1-8(2)6-5-7-9(3)10(8,4)11-9/h5-7H2,1-4H3/t9-,10+/m0/s1. The molecule has 0 radical (unpaired) electrons. The van der Waals surface area contributed by atoms with E-state index >= 15 is 0 Å². The second-order valence-corrected chi connectivity index (χ2v) is 5.10. The molecule has 0 N–H and O–H groups in total. The lowest BCUT2D eigenvalue weighted by Crippen LogP contribution is -2.39. The van der Waals surface area contributed by atoms with Gasteiger partial charge in [-0.15, -0.1) is 0 Å². The summed E-state index contributed by atoms with van der Waals surface area (Å²) in [7, 11) is 0. The Morgan fingerprint density at radius 3 is 2.09 bits per heavy atom. The van der Waals surface area contributed by atoms with Crippen molar-refractivity contribution < 1.29 is 4.74 Å². The van der Waals surface area contributed by atoms with Crippen molar-refractivity contribution in [1.29, 1.82) is 0 Å². The third-order valence-electron chi connectivity index (χ3n) is 4.14. The summed E-state index contributed by atoms with van der Waals surface area (Å²) >= 11 is 0. The maximum Gasteiger partial charge on any atom is 0.0999 e. The molecule has 1 heterocycles. The predicted octanol–water partition coefficient (Wildman–Crippen LogP) is 2.74. The molecule has 0 amide bonds. The first-order valence-electron chi connectivity index (χ1n) is 4.62. The van der Waals surface area contributed by atoms with E-state index in [4.69, 9.17) is 4.74 Å². The van der Waals surface area contributed by atoms with Crippen LogP contribution < -0.4 is 0 Å². The molecule has 0 spiro atoms. The first kappa shape index (κ1) is 7.60. The van der Waals surface area contributed by atoms with E-state index in [0.29, 0.717) is 5.41 Å². The van der Waals surface area contributed by atoms with Crippen LogP contribution in [0.5, 0.6) is 0 Å². The van der Waals surface area contributed by atoms with Crippen molar-refractivity contribution >= 4 is 0 Å². The number of rotatable bonds is 0. The molecule has 11 heavy (non-hydrogen) atoms. The highest BCUT2D eigenvalue weighted by atomic mass is 16.6. The molecule has 2 atom stereocenters. The smallest absolute Gasteiger partial charge is 0.0999 e. The molecule has 0 unspecified atom stereocenters. The topological polar surface area (TPSA) is 12.5 Å². The fourth-order valence-corrected chi connectivity index (χ4v) is 2.67. The number of hydrogen-bond donors (Lipinski definition) is 0. The maximum atomic E-state index is 5.87. The van der Waals surface area contributed by atoms with Gasteiger partial charge in [-0.05, 0) is 38.5 Å². The normalized spacial score (nSPS) is 53.5. The monoisotopic (exact) mass is 154 g/mol. The molecule has 0 aromatic rings. The molecule has 1 aliphatic heterocycles. The van der Waals surface area contributed by atoms with Crippen LogP contribution in [0.15, 0.2) is 0 Å². The number of fused-ring (bicyclic) bond motifs is 1. The van der Waals surface area contributed by atoms with Crippen LogP contribution in [0, 0.1) is 5.41 Å². The molecule has 0 aromatic heterocycles. The largest absolute Gasteiger partial charge is 0.363 e. The Hall–Kier alpha value is -0.0400. The zero-order chi connectivity index (χ0) is 8.33. The molecule has 2 rings (SSSR count). The molecule has 1 nitrogen and oxygen atoms in total. The lowest BCUT2D eigenvalue weighted by molar-refractivity contribution is 0.140. The van der Waals surface area contributed by atoms with Crippen LogP contribution in [0.1, 0.15) is 47.0 Å². The van der Waals surface area contributed by atoms with Gasteiger partial charge in [0.05, 0.1) is 11.2 Å². The fraction of sp³-hybridized carbons (Fsp3) is 1.00. The predicted molar refractivity (Wildman–Crippen MR) is 45.5 cm³/mol. The zero-order valence-corrected chi connectivity index (χ0v) is 8.03. The van der Waals surface area contributed by atoms with Gasteiger partial charge < -0.3 is 4.74 Å². The molecule has 1 aliphatic carbocycles. The van der Waals surface area contributed by atoms with Crippen molar-refractivity contribution in [3.05, 3.63) is 0 Å². The third kappa shape index (κ3) is 0.703. The molecular weight excluding hydrogens is 136 g/mol. The summed E-state index contributed by atoms with van der Waals surface area (Å²) in [5.41, 5.74) is 0.785. The van der Waals surface area contributed by atoms with Gasteiger partial charge >= 0.3 is 0 Å². The van der Waals surface area contributed by atoms with Gasteiger partial charge in [0.15, 0.2) is 0 Å². The molecular formula is C10H18O. The van der Waals surface area contributed by atoms with E-state index in [1.54, 1.807) is 0 Å². The maximum absolute atomic E-state index is 5.87. The second-order valence-electron chi connectivity index (χ2n) is 5.10. The molecule has 1 heteroatoms. The minimum Gasteiger partial charge on any atom is -0.363 e. The van der Waals surface area contributed by atoms with Crippen molar-refractivity contribution in [2.75, 3.05) is 0 Å². The summed E-state index contributed by atoms with van der Waals surface area (Å²) in [6.07, 6.45) is 3.91. The summed E-state index contributed by atoms with van der Waals surface area (Å²) in [4.78, 5) is 0. The Labute approximate surface area is 69.1 Å². The molecule has 0 aromatic carbocycles. The van der Waals surface area contributed by atoms with E-state index in [1.807, 2.05) is 0 Å². The zero-order valence-electron chi connectivity index (χ0n) is 8.03. The van der Waals surface area contributed by atoms with Crippen molar-refractivity contribution in [2.24, 2.45) is 5.41 Å². The van der Waals surface area contributed by atoms with Crippen molar-refractivity contribution in [1.82, 2.24) is 0 Å². The van der Waals surface area contributed by atoms with E-state index in [1.165, 1.54) is 19.3 Å². The Morgan fingerprint density at radius 2 is 1.64 bits per heavy atom. The molecule has 0 bridgehead atoms. The Kier molecular flexibility index (Phi) is 1.15. The average molecular weight is 154 g/mol. The van der Waals surface area contributed by atoms with Gasteiger partial charge in [0.1, 0.15) is 0 Å². The van der Waals surface area contributed by atoms with Gasteiger partial charge in [0.2, 0.25) is 0 Å². The van der Waals surface area contributed by atoms with Gasteiger partial charge in [-0.1, -0.05) is 13.8 Å². The molecule has 1 saturated carbocycles. The van der Waals surface area contributed by atoms with Crippen LogP contribution >= 0.6 is 0 Å². The summed E-state index contributed by atoms with van der Waals surface area (Å²) in [6, 6.07) is 0. The van der Waals surface area contributed by atoms with Gasteiger partial charge in [-0.2, -0.15) is 0 Å². The first-order chi connectivity index (χ1) is 4.91. The number of hydrogen-bond acceptors (Lipinski definition) is 1. The van der Waals surface area contributed by atoms with E-state index < -0.39 is 0 Å². The fourth-order valence-electron chi connectivity index (χ4n) is 2.67. The summed E-state index contributed by atoms with van der Waals surface area (Å²) in [6.45, 7) is 9.19.